The third kappa shape index (κ3) is 0.745. The van der Waals surface area contributed by atoms with Crippen molar-refractivity contribution in [2.75, 3.05) is 7.11 Å². The molecular formula is C13H15ClO4. The van der Waals surface area contributed by atoms with Crippen LogP contribution in [0.4, 0.5) is 0 Å². The normalized spacial score (nSPS) is 48.8. The second-order valence-corrected chi connectivity index (χ2v) is 6.85. The number of alkyl halides is 1. The van der Waals surface area contributed by atoms with Crippen LogP contribution < -0.4 is 0 Å². The minimum absolute atomic E-state index is 0.169. The van der Waals surface area contributed by atoms with E-state index in [0.29, 0.717) is 0 Å². The van der Waals surface area contributed by atoms with Gasteiger partial charge in [-0.25, -0.2) is 0 Å². The number of Topliss-reactive ketones (excluding diaryl/α,β-unsaturated/α-hetero) is 1. The Bertz CT molecular complexity index is 493. The smallest absolute Gasteiger partial charge is 0.330 e. The first kappa shape index (κ1) is 11.2. The molecule has 0 aromatic carbocycles. The van der Waals surface area contributed by atoms with Gasteiger partial charge < -0.3 is 9.47 Å². The Hall–Kier alpha value is -0.610. The van der Waals surface area contributed by atoms with E-state index in [9.17, 15) is 9.59 Å². The quantitative estimate of drug-likeness (QED) is 0.534. The van der Waals surface area contributed by atoms with Crippen molar-refractivity contribution in [2.45, 2.75) is 49.2 Å². The van der Waals surface area contributed by atoms with Gasteiger partial charge in [-0.05, 0) is 32.6 Å². The van der Waals surface area contributed by atoms with Crippen LogP contribution in [0.1, 0.15) is 32.6 Å². The lowest BCUT2D eigenvalue weighted by Crippen LogP contribution is -2.64. The Kier molecular flexibility index (Phi) is 1.64. The third-order valence-electron chi connectivity index (χ3n) is 5.83. The maximum absolute atomic E-state index is 12.5. The first-order valence-electron chi connectivity index (χ1n) is 6.39. The van der Waals surface area contributed by atoms with Crippen molar-refractivity contribution in [3.05, 3.63) is 0 Å². The molecule has 2 saturated heterocycles. The molecule has 0 N–H and O–H groups in total. The van der Waals surface area contributed by atoms with Gasteiger partial charge >= 0.3 is 5.97 Å². The van der Waals surface area contributed by atoms with Crippen molar-refractivity contribution in [3.63, 3.8) is 0 Å². The summed E-state index contributed by atoms with van der Waals surface area (Å²) in [5.41, 5.74) is -1.93. The molecule has 4 rings (SSSR count). The molecule has 0 aromatic heterocycles. The predicted octanol–water partition coefficient (Wildman–Crippen LogP) is 1.44. The average Bonchev–Trinajstić information content (AvgIpc) is 3.23. The van der Waals surface area contributed by atoms with Crippen molar-refractivity contribution < 1.29 is 19.1 Å². The largest absolute Gasteiger partial charge is 0.468 e. The summed E-state index contributed by atoms with van der Waals surface area (Å²) in [6.07, 6.45) is 2.60. The van der Waals surface area contributed by atoms with Gasteiger partial charge in [-0.2, -0.15) is 0 Å². The second kappa shape index (κ2) is 2.63. The van der Waals surface area contributed by atoms with Gasteiger partial charge in [0.2, 0.25) is 0 Å². The Labute approximate surface area is 110 Å². The molecule has 0 aromatic rings. The fourth-order valence-corrected chi connectivity index (χ4v) is 5.04. The lowest BCUT2D eigenvalue weighted by Gasteiger charge is -2.44. The zero-order valence-corrected chi connectivity index (χ0v) is 11.2. The van der Waals surface area contributed by atoms with Gasteiger partial charge in [0.1, 0.15) is 11.7 Å². The first-order valence-corrected chi connectivity index (χ1v) is 6.77. The Morgan fingerprint density at radius 2 is 2.00 bits per heavy atom. The number of halogens is 1. The minimum atomic E-state index is -1.19. The van der Waals surface area contributed by atoms with E-state index in [2.05, 4.69) is 0 Å². The van der Waals surface area contributed by atoms with Gasteiger partial charge in [0.05, 0.1) is 12.5 Å². The summed E-state index contributed by atoms with van der Waals surface area (Å²) in [7, 11) is 1.35. The molecule has 5 heteroatoms. The fourth-order valence-electron chi connectivity index (χ4n) is 4.45. The number of carbonyl (C=O) groups is 2. The van der Waals surface area contributed by atoms with Crippen molar-refractivity contribution in [2.24, 2.45) is 10.8 Å². The number of methoxy groups -OCH3 is 1. The van der Waals surface area contributed by atoms with E-state index in [1.807, 2.05) is 6.92 Å². The number of hydrogen-bond donors (Lipinski definition) is 0. The maximum Gasteiger partial charge on any atom is 0.330 e. The molecule has 0 radical (unpaired) electrons. The monoisotopic (exact) mass is 270 g/mol. The van der Waals surface area contributed by atoms with Gasteiger partial charge in [0, 0.05) is 5.41 Å². The molecule has 3 atom stereocenters. The SMILES string of the molecule is COC(=O)[C@]1(Cl)C2(CC2)[C@H]2O[C@]1(C)C1(CC1)C2=O. The molecule has 4 aliphatic rings. The zero-order valence-electron chi connectivity index (χ0n) is 10.4. The molecule has 2 aliphatic heterocycles. The van der Waals surface area contributed by atoms with Crippen molar-refractivity contribution in [1.29, 1.82) is 0 Å². The van der Waals surface area contributed by atoms with Gasteiger partial charge in [-0.3, -0.25) is 9.59 Å². The Balaban J connectivity index is 1.94. The molecule has 98 valence electrons. The minimum Gasteiger partial charge on any atom is -0.468 e. The highest BCUT2D eigenvalue weighted by Gasteiger charge is 2.92. The highest BCUT2D eigenvalue weighted by atomic mass is 35.5. The molecule has 0 unspecified atom stereocenters. The molecule has 0 amide bonds. The molecule has 18 heavy (non-hydrogen) atoms. The van der Waals surface area contributed by atoms with E-state index in [0.717, 1.165) is 25.7 Å². The highest BCUT2D eigenvalue weighted by Crippen LogP contribution is 2.81. The van der Waals surface area contributed by atoms with Crippen molar-refractivity contribution in [1.82, 2.24) is 0 Å². The Morgan fingerprint density at radius 1 is 1.39 bits per heavy atom. The summed E-state index contributed by atoms with van der Waals surface area (Å²) in [6, 6.07) is 0. The van der Waals surface area contributed by atoms with Gasteiger partial charge in [0.15, 0.2) is 10.7 Å². The van der Waals surface area contributed by atoms with Crippen LogP contribution in [-0.2, 0) is 19.1 Å². The van der Waals surface area contributed by atoms with Crippen LogP contribution in [0.2, 0.25) is 0 Å². The van der Waals surface area contributed by atoms with E-state index >= 15 is 0 Å². The highest BCUT2D eigenvalue weighted by molar-refractivity contribution is 6.37. The van der Waals surface area contributed by atoms with E-state index in [1.165, 1.54) is 7.11 Å². The molecular weight excluding hydrogens is 256 g/mol. The van der Waals surface area contributed by atoms with Crippen LogP contribution in [0, 0.1) is 10.8 Å². The fraction of sp³-hybridized carbons (Fsp3) is 0.846. The molecule has 2 saturated carbocycles. The van der Waals surface area contributed by atoms with Gasteiger partial charge in [-0.1, -0.05) is 0 Å². The van der Waals surface area contributed by atoms with Crippen molar-refractivity contribution in [3.8, 4) is 0 Å². The second-order valence-electron chi connectivity index (χ2n) is 6.28. The molecule has 2 bridgehead atoms. The van der Waals surface area contributed by atoms with E-state index < -0.39 is 33.4 Å². The molecule has 2 heterocycles. The van der Waals surface area contributed by atoms with Crippen LogP contribution >= 0.6 is 11.6 Å². The summed E-state index contributed by atoms with van der Waals surface area (Å²) < 4.78 is 10.9. The van der Waals surface area contributed by atoms with Gasteiger partial charge in [0.25, 0.3) is 0 Å². The number of ketones is 1. The standard InChI is InChI=1S/C13H15ClO4/c1-10-11(3-4-11)7(15)8(18-10)12(5-6-12)13(10,14)9(16)17-2/h8H,3-6H2,1-2H3/t8-,10+,13+/m0/s1. The van der Waals surface area contributed by atoms with Crippen LogP contribution in [0.3, 0.4) is 0 Å². The lowest BCUT2D eigenvalue weighted by molar-refractivity contribution is -0.153. The van der Waals surface area contributed by atoms with E-state index in [4.69, 9.17) is 21.1 Å². The predicted molar refractivity (Wildman–Crippen MR) is 62.2 cm³/mol. The van der Waals surface area contributed by atoms with Gasteiger partial charge in [-0.15, -0.1) is 11.6 Å². The van der Waals surface area contributed by atoms with E-state index in [-0.39, 0.29) is 5.78 Å². The number of hydrogen-bond acceptors (Lipinski definition) is 4. The first-order chi connectivity index (χ1) is 8.40. The van der Waals surface area contributed by atoms with Crippen molar-refractivity contribution >= 4 is 23.4 Å². The molecule has 2 aliphatic carbocycles. The third-order valence-corrected chi connectivity index (χ3v) is 6.72. The van der Waals surface area contributed by atoms with Crippen LogP contribution in [0.25, 0.3) is 0 Å². The van der Waals surface area contributed by atoms with E-state index in [1.54, 1.807) is 0 Å². The number of rotatable bonds is 1. The summed E-state index contributed by atoms with van der Waals surface area (Å²) in [6.45, 7) is 1.83. The van der Waals surface area contributed by atoms with Crippen LogP contribution in [0.15, 0.2) is 0 Å². The summed E-state index contributed by atoms with van der Waals surface area (Å²) >= 11 is 6.75. The van der Waals surface area contributed by atoms with Crippen LogP contribution in [0.5, 0.6) is 0 Å². The Morgan fingerprint density at radius 3 is 2.44 bits per heavy atom. The average molecular weight is 271 g/mol. The lowest BCUT2D eigenvalue weighted by atomic mass is 9.61. The number of esters is 1. The molecule has 4 nitrogen and oxygen atoms in total. The molecule has 4 fully saturated rings. The topological polar surface area (TPSA) is 52.6 Å². The summed E-state index contributed by atoms with van der Waals surface area (Å²) in [5, 5.41) is 0. The number of ether oxygens (including phenoxy) is 2. The zero-order chi connectivity index (χ0) is 13.0. The molecule has 2 spiro atoms. The van der Waals surface area contributed by atoms with Crippen LogP contribution in [-0.4, -0.2) is 35.4 Å². The summed E-state index contributed by atoms with van der Waals surface area (Å²) in [5.74, 6) is -0.270. The maximum atomic E-state index is 12.5. The summed E-state index contributed by atoms with van der Waals surface area (Å²) in [4.78, 5) is 23.5. The number of fused-ring (bicyclic) bond motifs is 4. The number of carbonyl (C=O) groups excluding carboxylic acids is 2.